The molecule has 2 aromatic carbocycles. The molecule has 1 heterocycles. The van der Waals surface area contributed by atoms with Crippen LogP contribution in [0.1, 0.15) is 0 Å². The molecule has 12 heteroatoms. The second kappa shape index (κ2) is 8.70. The number of amides is 1. The minimum atomic E-state index is -4.14. The summed E-state index contributed by atoms with van der Waals surface area (Å²) in [6, 6.07) is 13.2. The number of hydrogen-bond acceptors (Lipinski definition) is 7. The zero-order chi connectivity index (χ0) is 21.9. The molecule has 2 N–H and O–H groups in total. The highest BCUT2D eigenvalue weighted by atomic mass is 32.2. The maximum absolute atomic E-state index is 13.1. The van der Waals surface area contributed by atoms with Gasteiger partial charge in [0.05, 0.1) is 11.2 Å². The van der Waals surface area contributed by atoms with Crippen LogP contribution in [0.25, 0.3) is 0 Å². The van der Waals surface area contributed by atoms with Gasteiger partial charge in [0.1, 0.15) is 17.5 Å². The molecule has 0 radical (unpaired) electrons. The van der Waals surface area contributed by atoms with Gasteiger partial charge in [0.25, 0.3) is 5.91 Å². The van der Waals surface area contributed by atoms with Crippen molar-refractivity contribution in [2.75, 3.05) is 25.9 Å². The van der Waals surface area contributed by atoms with Gasteiger partial charge in [-0.15, -0.1) is 0 Å². The second-order valence-corrected chi connectivity index (χ2v) is 10.5. The van der Waals surface area contributed by atoms with Crippen molar-refractivity contribution in [2.45, 2.75) is 10.9 Å². The molecule has 1 saturated heterocycles. The number of rotatable bonds is 6. The first-order valence-electron chi connectivity index (χ1n) is 8.87. The van der Waals surface area contributed by atoms with Crippen molar-refractivity contribution < 1.29 is 31.6 Å². The van der Waals surface area contributed by atoms with Crippen LogP contribution in [-0.2, 0) is 24.8 Å². The Morgan fingerprint density at radius 2 is 1.60 bits per heavy atom. The Bertz CT molecular complexity index is 1100. The molecule has 3 rings (SSSR count). The Kier molecular flexibility index (Phi) is 6.43. The highest BCUT2D eigenvalue weighted by molar-refractivity contribution is 7.89. The number of hydrogen-bond donors (Lipinski definition) is 2. The number of nitrogens with zero attached hydrogens (tertiary/aromatic N) is 2. The fraction of sp³-hybridized carbons (Fsp3) is 0.278. The lowest BCUT2D eigenvalue weighted by molar-refractivity contribution is -0.134. The van der Waals surface area contributed by atoms with Crippen LogP contribution in [0.2, 0.25) is 0 Å². The first-order valence-corrected chi connectivity index (χ1v) is 12.2. The number of carbonyl (C=O) groups is 1. The third-order valence-corrected chi connectivity index (χ3v) is 7.78. The topological polar surface area (TPSA) is 133 Å². The summed E-state index contributed by atoms with van der Waals surface area (Å²) in [6.07, 6.45) is 0.969. The van der Waals surface area contributed by atoms with E-state index in [9.17, 15) is 21.6 Å². The average molecular weight is 456 g/mol. The predicted molar refractivity (Wildman–Crippen MR) is 107 cm³/mol. The average Bonchev–Trinajstić information content (AvgIpc) is 2.73. The molecular formula is C18H21N3O7S2. The van der Waals surface area contributed by atoms with Crippen molar-refractivity contribution in [3.05, 3.63) is 54.6 Å². The van der Waals surface area contributed by atoms with Gasteiger partial charge in [0.2, 0.25) is 20.0 Å². The summed E-state index contributed by atoms with van der Waals surface area (Å²) >= 11 is 0. The standard InChI is InChI=1S/C18H21N3O7S2/c1-29(24,25)20-11-12-21(17(13-20)18(22)19-23)30(26,27)16-9-7-15(8-10-16)28-14-5-3-2-4-6-14/h2-10,17,23H,11-13H2,1H3,(H,19,22)/t17-/m1/s1. The maximum atomic E-state index is 13.1. The zero-order valence-corrected chi connectivity index (χ0v) is 17.6. The Hall–Kier alpha value is -2.51. The van der Waals surface area contributed by atoms with Crippen molar-refractivity contribution >= 4 is 26.0 Å². The fourth-order valence-electron chi connectivity index (χ4n) is 3.06. The summed E-state index contributed by atoms with van der Waals surface area (Å²) < 4.78 is 57.3. The summed E-state index contributed by atoms with van der Waals surface area (Å²) in [5.74, 6) is -0.00709. The molecule has 0 unspecified atom stereocenters. The molecule has 0 spiro atoms. The third-order valence-electron chi connectivity index (χ3n) is 4.59. The van der Waals surface area contributed by atoms with Crippen LogP contribution >= 0.6 is 0 Å². The van der Waals surface area contributed by atoms with E-state index in [0.29, 0.717) is 11.5 Å². The summed E-state index contributed by atoms with van der Waals surface area (Å²) in [5, 5.41) is 9.00. The van der Waals surface area contributed by atoms with E-state index in [-0.39, 0.29) is 18.0 Å². The van der Waals surface area contributed by atoms with E-state index in [0.717, 1.165) is 14.9 Å². The van der Waals surface area contributed by atoms with Crippen LogP contribution in [0.3, 0.4) is 0 Å². The van der Waals surface area contributed by atoms with E-state index in [1.165, 1.54) is 29.7 Å². The summed E-state index contributed by atoms with van der Waals surface area (Å²) in [7, 11) is -7.78. The fourth-order valence-corrected chi connectivity index (χ4v) is 5.45. The monoisotopic (exact) mass is 455 g/mol. The summed E-state index contributed by atoms with van der Waals surface area (Å²) in [6.45, 7) is -0.752. The molecule has 30 heavy (non-hydrogen) atoms. The molecule has 1 aliphatic rings. The Morgan fingerprint density at radius 1 is 1.00 bits per heavy atom. The molecule has 0 saturated carbocycles. The van der Waals surface area contributed by atoms with Gasteiger partial charge in [0.15, 0.2) is 0 Å². The van der Waals surface area contributed by atoms with Gasteiger partial charge in [-0.2, -0.15) is 8.61 Å². The van der Waals surface area contributed by atoms with Crippen LogP contribution in [0.15, 0.2) is 59.5 Å². The lowest BCUT2D eigenvalue weighted by Gasteiger charge is -2.38. The molecular weight excluding hydrogens is 434 g/mol. The highest BCUT2D eigenvalue weighted by Gasteiger charge is 2.42. The summed E-state index contributed by atoms with van der Waals surface area (Å²) in [4.78, 5) is 12.0. The van der Waals surface area contributed by atoms with Gasteiger partial charge < -0.3 is 4.74 Å². The zero-order valence-electron chi connectivity index (χ0n) is 16.0. The number of sulfonamides is 2. The van der Waals surface area contributed by atoms with Gasteiger partial charge in [-0.25, -0.2) is 22.3 Å². The SMILES string of the molecule is CS(=O)(=O)N1CCN(S(=O)(=O)c2ccc(Oc3ccccc3)cc2)[C@@H](C(=O)NO)C1. The Morgan fingerprint density at radius 3 is 2.17 bits per heavy atom. The normalized spacial score (nSPS) is 18.7. The first kappa shape index (κ1) is 22.2. The largest absolute Gasteiger partial charge is 0.457 e. The van der Waals surface area contributed by atoms with Crippen molar-refractivity contribution in [2.24, 2.45) is 0 Å². The molecule has 10 nitrogen and oxygen atoms in total. The molecule has 2 aromatic rings. The van der Waals surface area contributed by atoms with Crippen molar-refractivity contribution in [1.82, 2.24) is 14.1 Å². The van der Waals surface area contributed by atoms with Gasteiger partial charge in [0, 0.05) is 19.6 Å². The van der Waals surface area contributed by atoms with E-state index in [2.05, 4.69) is 0 Å². The van der Waals surface area contributed by atoms with E-state index in [4.69, 9.17) is 9.94 Å². The molecule has 0 bridgehead atoms. The van der Waals surface area contributed by atoms with E-state index < -0.39 is 38.5 Å². The van der Waals surface area contributed by atoms with Gasteiger partial charge in [-0.3, -0.25) is 10.0 Å². The molecule has 0 aliphatic carbocycles. The number of nitrogens with one attached hydrogen (secondary N) is 1. The second-order valence-electron chi connectivity index (χ2n) is 6.62. The number of para-hydroxylation sites is 1. The van der Waals surface area contributed by atoms with E-state index in [1.807, 2.05) is 6.07 Å². The smallest absolute Gasteiger partial charge is 0.263 e. The van der Waals surface area contributed by atoms with E-state index >= 15 is 0 Å². The van der Waals surface area contributed by atoms with Crippen molar-refractivity contribution in [3.63, 3.8) is 0 Å². The minimum Gasteiger partial charge on any atom is -0.457 e. The van der Waals surface area contributed by atoms with Crippen LogP contribution < -0.4 is 10.2 Å². The molecule has 1 aliphatic heterocycles. The van der Waals surface area contributed by atoms with Gasteiger partial charge >= 0.3 is 0 Å². The molecule has 1 atom stereocenters. The van der Waals surface area contributed by atoms with Crippen LogP contribution in [0.5, 0.6) is 11.5 Å². The lowest BCUT2D eigenvalue weighted by atomic mass is 10.2. The number of hydroxylamine groups is 1. The van der Waals surface area contributed by atoms with Crippen LogP contribution in [0, 0.1) is 0 Å². The van der Waals surface area contributed by atoms with Gasteiger partial charge in [-0.05, 0) is 36.4 Å². The summed E-state index contributed by atoms with van der Waals surface area (Å²) in [5.41, 5.74) is 1.41. The van der Waals surface area contributed by atoms with Crippen molar-refractivity contribution in [3.8, 4) is 11.5 Å². The maximum Gasteiger partial charge on any atom is 0.263 e. The first-order chi connectivity index (χ1) is 14.1. The molecule has 162 valence electrons. The third kappa shape index (κ3) is 4.79. The van der Waals surface area contributed by atoms with Crippen LogP contribution in [0.4, 0.5) is 0 Å². The number of ether oxygens (including phenoxy) is 1. The van der Waals surface area contributed by atoms with Crippen molar-refractivity contribution in [1.29, 1.82) is 0 Å². The quantitative estimate of drug-likeness (QED) is 0.482. The Balaban J connectivity index is 1.85. The number of benzene rings is 2. The highest BCUT2D eigenvalue weighted by Crippen LogP contribution is 2.26. The van der Waals surface area contributed by atoms with E-state index in [1.54, 1.807) is 24.3 Å². The molecule has 0 aromatic heterocycles. The molecule has 1 fully saturated rings. The van der Waals surface area contributed by atoms with Crippen LogP contribution in [-0.4, -0.2) is 68.5 Å². The Labute approximate surface area is 174 Å². The predicted octanol–water partition coefficient (Wildman–Crippen LogP) is 0.619. The lowest BCUT2D eigenvalue weighted by Crippen LogP contribution is -2.60. The molecule has 1 amide bonds. The minimum absolute atomic E-state index is 0.0912. The number of carbonyl (C=O) groups excluding carboxylic acids is 1. The van der Waals surface area contributed by atoms with Gasteiger partial charge in [-0.1, -0.05) is 18.2 Å². The number of piperazine rings is 1.